The van der Waals surface area contributed by atoms with Crippen molar-refractivity contribution in [2.24, 2.45) is 5.92 Å². The molecule has 0 radical (unpaired) electrons. The Morgan fingerprint density at radius 3 is 2.89 bits per heavy atom. The van der Waals surface area contributed by atoms with Crippen molar-refractivity contribution >= 4 is 5.69 Å². The zero-order valence-corrected chi connectivity index (χ0v) is 12.0. The van der Waals surface area contributed by atoms with Crippen molar-refractivity contribution < 1.29 is 0 Å². The summed E-state index contributed by atoms with van der Waals surface area (Å²) in [5.74, 6) is 0.720. The van der Waals surface area contributed by atoms with E-state index in [1.54, 1.807) is 22.9 Å². The number of anilines is 1. The predicted octanol–water partition coefficient (Wildman–Crippen LogP) is 1.94. The molecule has 1 unspecified atom stereocenters. The highest BCUT2D eigenvalue weighted by molar-refractivity contribution is 5.33. The van der Waals surface area contributed by atoms with Crippen LogP contribution in [0.15, 0.2) is 23.1 Å². The van der Waals surface area contributed by atoms with E-state index in [4.69, 9.17) is 5.73 Å². The van der Waals surface area contributed by atoms with E-state index in [0.717, 1.165) is 31.5 Å². The van der Waals surface area contributed by atoms with Crippen LogP contribution in [0.1, 0.15) is 33.1 Å². The maximum Gasteiger partial charge on any atom is 0.250 e. The van der Waals surface area contributed by atoms with Crippen LogP contribution in [-0.4, -0.2) is 28.6 Å². The number of hydrogen-bond donors (Lipinski definition) is 1. The number of likely N-dealkylation sites (tertiary alicyclic amines) is 1. The first-order valence-electron chi connectivity index (χ1n) is 7.28. The Morgan fingerprint density at radius 1 is 1.37 bits per heavy atom. The molecule has 19 heavy (non-hydrogen) atoms. The minimum absolute atomic E-state index is 0.0380. The van der Waals surface area contributed by atoms with Crippen molar-refractivity contribution in [3.63, 3.8) is 0 Å². The summed E-state index contributed by atoms with van der Waals surface area (Å²) in [6.45, 7) is 7.63. The molecule has 2 heterocycles. The molecule has 0 amide bonds. The second-order valence-corrected chi connectivity index (χ2v) is 5.84. The summed E-state index contributed by atoms with van der Waals surface area (Å²) >= 11 is 0. The minimum Gasteiger partial charge on any atom is -0.398 e. The average Bonchev–Trinajstić information content (AvgIpc) is 2.82. The SMILES string of the molecule is CC(C)C1CCCN1CCCn1cc(N)ccc1=O. The van der Waals surface area contributed by atoms with Crippen molar-refractivity contribution in [2.75, 3.05) is 18.8 Å². The number of aromatic nitrogens is 1. The Labute approximate surface area is 115 Å². The van der Waals surface area contributed by atoms with Gasteiger partial charge in [0, 0.05) is 37.1 Å². The molecule has 0 spiro atoms. The second-order valence-electron chi connectivity index (χ2n) is 5.84. The van der Waals surface area contributed by atoms with Crippen LogP contribution < -0.4 is 11.3 Å². The predicted molar refractivity (Wildman–Crippen MR) is 79.2 cm³/mol. The van der Waals surface area contributed by atoms with Gasteiger partial charge in [0.25, 0.3) is 5.56 Å². The summed E-state index contributed by atoms with van der Waals surface area (Å²) in [4.78, 5) is 14.2. The highest BCUT2D eigenvalue weighted by Crippen LogP contribution is 2.23. The van der Waals surface area contributed by atoms with Crippen LogP contribution in [0.3, 0.4) is 0 Å². The molecule has 2 N–H and O–H groups in total. The molecule has 4 heteroatoms. The summed E-state index contributed by atoms with van der Waals surface area (Å²) in [5, 5.41) is 0. The number of pyridine rings is 1. The molecule has 1 atom stereocenters. The van der Waals surface area contributed by atoms with Gasteiger partial charge in [0.2, 0.25) is 0 Å². The van der Waals surface area contributed by atoms with Crippen LogP contribution in [-0.2, 0) is 6.54 Å². The van der Waals surface area contributed by atoms with E-state index in [-0.39, 0.29) is 5.56 Å². The fourth-order valence-electron chi connectivity index (χ4n) is 3.05. The van der Waals surface area contributed by atoms with Gasteiger partial charge in [-0.2, -0.15) is 0 Å². The number of aryl methyl sites for hydroxylation is 1. The zero-order chi connectivity index (χ0) is 13.8. The Balaban J connectivity index is 1.86. The molecule has 1 aromatic rings. The van der Waals surface area contributed by atoms with Gasteiger partial charge in [-0.15, -0.1) is 0 Å². The third kappa shape index (κ3) is 3.60. The van der Waals surface area contributed by atoms with Gasteiger partial charge in [0.05, 0.1) is 0 Å². The first kappa shape index (κ1) is 14.1. The van der Waals surface area contributed by atoms with E-state index in [2.05, 4.69) is 18.7 Å². The summed E-state index contributed by atoms with van der Waals surface area (Å²) in [6.07, 6.45) is 5.37. The minimum atomic E-state index is 0.0380. The molecule has 0 aromatic carbocycles. The van der Waals surface area contributed by atoms with E-state index >= 15 is 0 Å². The molecule has 106 valence electrons. The molecule has 2 rings (SSSR count). The van der Waals surface area contributed by atoms with Crippen molar-refractivity contribution in [3.05, 3.63) is 28.7 Å². The van der Waals surface area contributed by atoms with Crippen LogP contribution in [0.2, 0.25) is 0 Å². The summed E-state index contributed by atoms with van der Waals surface area (Å²) in [7, 11) is 0. The van der Waals surface area contributed by atoms with Crippen LogP contribution >= 0.6 is 0 Å². The molecule has 4 nitrogen and oxygen atoms in total. The van der Waals surface area contributed by atoms with Gasteiger partial charge >= 0.3 is 0 Å². The third-order valence-electron chi connectivity index (χ3n) is 4.03. The van der Waals surface area contributed by atoms with Gasteiger partial charge < -0.3 is 15.2 Å². The van der Waals surface area contributed by atoms with Gasteiger partial charge in [0.1, 0.15) is 0 Å². The van der Waals surface area contributed by atoms with Gasteiger partial charge in [-0.25, -0.2) is 0 Å². The van der Waals surface area contributed by atoms with E-state index in [0.29, 0.717) is 5.69 Å². The normalized spacial score (nSPS) is 20.3. The number of nitrogens with two attached hydrogens (primary N) is 1. The molecular weight excluding hydrogens is 238 g/mol. The van der Waals surface area contributed by atoms with E-state index < -0.39 is 0 Å². The molecule has 1 saturated heterocycles. The van der Waals surface area contributed by atoms with Gasteiger partial charge in [-0.3, -0.25) is 4.79 Å². The summed E-state index contributed by atoms with van der Waals surface area (Å²) in [5.41, 5.74) is 6.40. The van der Waals surface area contributed by atoms with Crippen LogP contribution in [0.25, 0.3) is 0 Å². The number of nitrogens with zero attached hydrogens (tertiary/aromatic N) is 2. The first-order valence-corrected chi connectivity index (χ1v) is 7.28. The third-order valence-corrected chi connectivity index (χ3v) is 4.03. The standard InChI is InChI=1S/C15H25N3O/c1-12(2)14-5-3-8-17(14)9-4-10-18-11-13(16)6-7-15(18)19/h6-7,11-12,14H,3-5,8-10,16H2,1-2H3. The number of hydrogen-bond acceptors (Lipinski definition) is 3. The second kappa shape index (κ2) is 6.24. The van der Waals surface area contributed by atoms with E-state index in [1.807, 2.05) is 0 Å². The molecule has 0 aliphatic carbocycles. The molecule has 1 aliphatic rings. The Morgan fingerprint density at radius 2 is 2.16 bits per heavy atom. The van der Waals surface area contributed by atoms with Crippen molar-refractivity contribution in [1.29, 1.82) is 0 Å². The zero-order valence-electron chi connectivity index (χ0n) is 12.0. The number of nitrogen functional groups attached to an aromatic ring is 1. The molecular formula is C15H25N3O. The lowest BCUT2D eigenvalue weighted by Gasteiger charge is -2.27. The van der Waals surface area contributed by atoms with Gasteiger partial charge in [0.15, 0.2) is 0 Å². The van der Waals surface area contributed by atoms with Gasteiger partial charge in [-0.05, 0) is 37.8 Å². The smallest absolute Gasteiger partial charge is 0.250 e. The maximum absolute atomic E-state index is 11.7. The Bertz CT molecular complexity index is 467. The van der Waals surface area contributed by atoms with Crippen molar-refractivity contribution in [3.8, 4) is 0 Å². The summed E-state index contributed by atoms with van der Waals surface area (Å²) in [6, 6.07) is 3.92. The van der Waals surface area contributed by atoms with Crippen molar-refractivity contribution in [1.82, 2.24) is 9.47 Å². The number of rotatable bonds is 5. The quantitative estimate of drug-likeness (QED) is 0.883. The van der Waals surface area contributed by atoms with Gasteiger partial charge in [-0.1, -0.05) is 13.8 Å². The fraction of sp³-hybridized carbons (Fsp3) is 0.667. The van der Waals surface area contributed by atoms with E-state index in [1.165, 1.54) is 19.4 Å². The van der Waals surface area contributed by atoms with Crippen LogP contribution in [0, 0.1) is 5.92 Å². The first-order chi connectivity index (χ1) is 9.08. The lowest BCUT2D eigenvalue weighted by Crippen LogP contribution is -2.35. The summed E-state index contributed by atoms with van der Waals surface area (Å²) < 4.78 is 1.72. The van der Waals surface area contributed by atoms with Crippen LogP contribution in [0.5, 0.6) is 0 Å². The largest absolute Gasteiger partial charge is 0.398 e. The molecule has 0 bridgehead atoms. The molecule has 1 fully saturated rings. The monoisotopic (exact) mass is 263 g/mol. The molecule has 1 aliphatic heterocycles. The van der Waals surface area contributed by atoms with E-state index in [9.17, 15) is 4.79 Å². The topological polar surface area (TPSA) is 51.3 Å². The lowest BCUT2D eigenvalue weighted by atomic mass is 10.0. The molecule has 0 saturated carbocycles. The molecule has 1 aromatic heterocycles. The Hall–Kier alpha value is -1.29. The highest BCUT2D eigenvalue weighted by atomic mass is 16.1. The lowest BCUT2D eigenvalue weighted by molar-refractivity contribution is 0.201. The van der Waals surface area contributed by atoms with Crippen molar-refractivity contribution in [2.45, 2.75) is 45.7 Å². The highest BCUT2D eigenvalue weighted by Gasteiger charge is 2.26. The fourth-order valence-corrected chi connectivity index (χ4v) is 3.05. The Kier molecular flexibility index (Phi) is 4.64. The average molecular weight is 263 g/mol. The van der Waals surface area contributed by atoms with Crippen LogP contribution in [0.4, 0.5) is 5.69 Å². The maximum atomic E-state index is 11.7.